The zero-order valence-electron chi connectivity index (χ0n) is 13.3. The fraction of sp³-hybridized carbons (Fsp3) is 0.647. The Hall–Kier alpha value is -1.22. The minimum absolute atomic E-state index is 0.467. The van der Waals surface area contributed by atoms with Crippen molar-refractivity contribution < 1.29 is 9.47 Å². The molecule has 0 amide bonds. The summed E-state index contributed by atoms with van der Waals surface area (Å²) in [6.07, 6.45) is 2.55. The maximum Gasteiger partial charge on any atom is 0.161 e. The summed E-state index contributed by atoms with van der Waals surface area (Å²) in [5.41, 5.74) is 1.70. The molecule has 3 nitrogen and oxygen atoms in total. The van der Waals surface area contributed by atoms with E-state index in [4.69, 9.17) is 9.47 Å². The molecule has 1 aliphatic carbocycles. The van der Waals surface area contributed by atoms with Crippen molar-refractivity contribution in [3.05, 3.63) is 23.8 Å². The first kappa shape index (κ1) is 15.2. The molecule has 20 heavy (non-hydrogen) atoms. The molecule has 0 radical (unpaired) electrons. The molecule has 2 unspecified atom stereocenters. The van der Waals surface area contributed by atoms with E-state index in [9.17, 15) is 0 Å². The number of rotatable bonds is 5. The molecule has 3 heteroatoms. The Morgan fingerprint density at radius 3 is 2.40 bits per heavy atom. The topological polar surface area (TPSA) is 30.5 Å². The second-order valence-corrected chi connectivity index (χ2v) is 6.73. The summed E-state index contributed by atoms with van der Waals surface area (Å²) in [7, 11) is 3.34. The van der Waals surface area contributed by atoms with E-state index in [-0.39, 0.29) is 0 Å². The predicted octanol–water partition coefficient (Wildman–Crippen LogP) is 3.62. The largest absolute Gasteiger partial charge is 0.493 e. The number of hydrogen-bond acceptors (Lipinski definition) is 3. The van der Waals surface area contributed by atoms with Gasteiger partial charge >= 0.3 is 0 Å². The zero-order valence-corrected chi connectivity index (χ0v) is 13.3. The molecule has 0 aromatic heterocycles. The van der Waals surface area contributed by atoms with E-state index in [0.717, 1.165) is 24.0 Å². The van der Waals surface area contributed by atoms with Gasteiger partial charge in [-0.05, 0) is 41.9 Å². The highest BCUT2D eigenvalue weighted by Crippen LogP contribution is 2.41. The predicted molar refractivity (Wildman–Crippen MR) is 82.4 cm³/mol. The summed E-state index contributed by atoms with van der Waals surface area (Å²) in [6, 6.07) is 6.73. The molecule has 2 atom stereocenters. The molecule has 1 N–H and O–H groups in total. The van der Waals surface area contributed by atoms with Gasteiger partial charge in [0.1, 0.15) is 0 Å². The van der Waals surface area contributed by atoms with E-state index in [2.05, 4.69) is 38.2 Å². The zero-order chi connectivity index (χ0) is 14.8. The van der Waals surface area contributed by atoms with Crippen LogP contribution in [-0.2, 0) is 6.54 Å². The molecule has 1 aromatic carbocycles. The summed E-state index contributed by atoms with van der Waals surface area (Å²) in [6.45, 7) is 7.95. The molecular weight excluding hydrogens is 250 g/mol. The van der Waals surface area contributed by atoms with Crippen molar-refractivity contribution in [1.82, 2.24) is 5.32 Å². The van der Waals surface area contributed by atoms with E-state index in [1.54, 1.807) is 14.2 Å². The highest BCUT2D eigenvalue weighted by Gasteiger charge is 2.36. The van der Waals surface area contributed by atoms with Gasteiger partial charge in [-0.15, -0.1) is 0 Å². The monoisotopic (exact) mass is 277 g/mol. The maximum absolute atomic E-state index is 5.35. The second kappa shape index (κ2) is 6.04. The lowest BCUT2D eigenvalue weighted by atomic mass is 9.91. The van der Waals surface area contributed by atoms with Crippen LogP contribution < -0.4 is 14.8 Å². The van der Waals surface area contributed by atoms with Gasteiger partial charge < -0.3 is 14.8 Å². The molecule has 0 aliphatic heterocycles. The van der Waals surface area contributed by atoms with Crippen molar-refractivity contribution in [2.45, 2.75) is 46.2 Å². The quantitative estimate of drug-likeness (QED) is 0.891. The first-order chi connectivity index (χ1) is 9.45. The van der Waals surface area contributed by atoms with Crippen LogP contribution >= 0.6 is 0 Å². The van der Waals surface area contributed by atoms with E-state index in [1.807, 2.05) is 6.07 Å². The Bertz CT molecular complexity index is 456. The van der Waals surface area contributed by atoms with Crippen LogP contribution in [0.3, 0.4) is 0 Å². The van der Waals surface area contributed by atoms with Crippen molar-refractivity contribution in [2.75, 3.05) is 14.2 Å². The Morgan fingerprint density at radius 2 is 1.85 bits per heavy atom. The standard InChI is InChI=1S/C17H27NO2/c1-12-9-17(2,3)10-14(12)18-11-13-6-7-15(19-4)16(8-13)20-5/h6-8,12,14,18H,9-11H2,1-5H3. The molecule has 1 aromatic rings. The average Bonchev–Trinajstić information content (AvgIpc) is 2.68. The minimum Gasteiger partial charge on any atom is -0.493 e. The molecule has 112 valence electrons. The number of benzene rings is 1. The number of ether oxygens (including phenoxy) is 2. The van der Waals surface area contributed by atoms with Crippen LogP contribution in [0.15, 0.2) is 18.2 Å². The molecule has 1 aliphatic rings. The Kier molecular flexibility index (Phi) is 4.59. The van der Waals surface area contributed by atoms with E-state index < -0.39 is 0 Å². The van der Waals surface area contributed by atoms with E-state index >= 15 is 0 Å². The maximum atomic E-state index is 5.35. The second-order valence-electron chi connectivity index (χ2n) is 6.73. The van der Waals surface area contributed by atoms with Gasteiger partial charge in [0.05, 0.1) is 14.2 Å². The van der Waals surface area contributed by atoms with Gasteiger partial charge in [0.2, 0.25) is 0 Å². The summed E-state index contributed by atoms with van der Waals surface area (Å²) < 4.78 is 10.6. The van der Waals surface area contributed by atoms with E-state index in [1.165, 1.54) is 18.4 Å². The Morgan fingerprint density at radius 1 is 1.15 bits per heavy atom. The molecule has 1 fully saturated rings. The molecule has 0 saturated heterocycles. The first-order valence-electron chi connectivity index (χ1n) is 7.39. The van der Waals surface area contributed by atoms with Gasteiger partial charge in [-0.3, -0.25) is 0 Å². The lowest BCUT2D eigenvalue weighted by Gasteiger charge is -2.19. The van der Waals surface area contributed by atoms with Crippen molar-refractivity contribution in [3.8, 4) is 11.5 Å². The molecule has 0 bridgehead atoms. The third-order valence-corrected chi connectivity index (χ3v) is 4.35. The van der Waals surface area contributed by atoms with Crippen LogP contribution in [0.4, 0.5) is 0 Å². The van der Waals surface area contributed by atoms with Crippen molar-refractivity contribution in [1.29, 1.82) is 0 Å². The third kappa shape index (κ3) is 3.45. The van der Waals surface area contributed by atoms with Crippen LogP contribution in [0, 0.1) is 11.3 Å². The highest BCUT2D eigenvalue weighted by molar-refractivity contribution is 5.42. The van der Waals surface area contributed by atoms with Crippen molar-refractivity contribution in [3.63, 3.8) is 0 Å². The molecule has 0 spiro atoms. The van der Waals surface area contributed by atoms with Crippen LogP contribution in [0.25, 0.3) is 0 Å². The van der Waals surface area contributed by atoms with Gasteiger partial charge in [-0.25, -0.2) is 0 Å². The summed E-state index contributed by atoms with van der Waals surface area (Å²) in [5.74, 6) is 2.32. The van der Waals surface area contributed by atoms with Crippen LogP contribution in [0.5, 0.6) is 11.5 Å². The fourth-order valence-electron chi connectivity index (χ4n) is 3.41. The molecule has 0 heterocycles. The summed E-state index contributed by atoms with van der Waals surface area (Å²) in [5, 5.41) is 3.70. The first-order valence-corrected chi connectivity index (χ1v) is 7.39. The fourth-order valence-corrected chi connectivity index (χ4v) is 3.41. The summed E-state index contributed by atoms with van der Waals surface area (Å²) >= 11 is 0. The number of nitrogens with one attached hydrogen (secondary N) is 1. The van der Waals surface area contributed by atoms with Crippen molar-refractivity contribution in [2.24, 2.45) is 11.3 Å². The minimum atomic E-state index is 0.467. The lowest BCUT2D eigenvalue weighted by Crippen LogP contribution is -2.31. The van der Waals surface area contributed by atoms with E-state index in [0.29, 0.717) is 11.5 Å². The Labute approximate surface area is 122 Å². The normalized spacial score (nSPS) is 24.6. The molecular formula is C17H27NO2. The number of hydrogen-bond donors (Lipinski definition) is 1. The SMILES string of the molecule is COc1ccc(CNC2CC(C)(C)CC2C)cc1OC. The van der Waals surface area contributed by atoms with Gasteiger partial charge in [0, 0.05) is 12.6 Å². The third-order valence-electron chi connectivity index (χ3n) is 4.35. The van der Waals surface area contributed by atoms with Crippen LogP contribution in [0.1, 0.15) is 39.2 Å². The summed E-state index contributed by atoms with van der Waals surface area (Å²) in [4.78, 5) is 0. The highest BCUT2D eigenvalue weighted by atomic mass is 16.5. The van der Waals surface area contributed by atoms with Crippen molar-refractivity contribution >= 4 is 0 Å². The van der Waals surface area contributed by atoms with Gasteiger partial charge in [-0.1, -0.05) is 26.8 Å². The van der Waals surface area contributed by atoms with Gasteiger partial charge in [-0.2, -0.15) is 0 Å². The smallest absolute Gasteiger partial charge is 0.161 e. The van der Waals surface area contributed by atoms with Crippen LogP contribution in [-0.4, -0.2) is 20.3 Å². The Balaban J connectivity index is 1.98. The molecule has 1 saturated carbocycles. The average molecular weight is 277 g/mol. The molecule has 2 rings (SSSR count). The van der Waals surface area contributed by atoms with Gasteiger partial charge in [0.25, 0.3) is 0 Å². The van der Waals surface area contributed by atoms with Gasteiger partial charge in [0.15, 0.2) is 11.5 Å². The van der Waals surface area contributed by atoms with Crippen LogP contribution in [0.2, 0.25) is 0 Å². The lowest BCUT2D eigenvalue weighted by molar-refractivity contribution is 0.353. The number of methoxy groups -OCH3 is 2.